The fourth-order valence-electron chi connectivity index (χ4n) is 3.24. The van der Waals surface area contributed by atoms with E-state index in [2.05, 4.69) is 50.2 Å². The van der Waals surface area contributed by atoms with E-state index in [-0.39, 0.29) is 0 Å². The summed E-state index contributed by atoms with van der Waals surface area (Å²) < 4.78 is 0. The average Bonchev–Trinajstić information content (AvgIpc) is 2.76. The van der Waals surface area contributed by atoms with E-state index < -0.39 is 0 Å². The van der Waals surface area contributed by atoms with Crippen LogP contribution in [0.3, 0.4) is 0 Å². The van der Waals surface area contributed by atoms with Gasteiger partial charge in [0.25, 0.3) is 0 Å². The predicted octanol–water partition coefficient (Wildman–Crippen LogP) is 4.06. The number of hydrogen-bond donors (Lipinski definition) is 0. The van der Waals surface area contributed by atoms with E-state index in [1.165, 1.54) is 0 Å². The molecular weight excluding hydrogens is 358 g/mol. The van der Waals surface area contributed by atoms with Crippen LogP contribution in [0.25, 0.3) is 0 Å². The average molecular weight is 381 g/mol. The lowest BCUT2D eigenvalue weighted by Crippen LogP contribution is -2.24. The minimum absolute atomic E-state index is 0.725. The fourth-order valence-corrected chi connectivity index (χ4v) is 3.24. The molecule has 144 valence electrons. The lowest BCUT2D eigenvalue weighted by Gasteiger charge is -2.21. The molecule has 0 bridgehead atoms. The highest BCUT2D eigenvalue weighted by atomic mass is 15.1. The van der Waals surface area contributed by atoms with Crippen LogP contribution in [0.5, 0.6) is 0 Å². The first kappa shape index (κ1) is 18.9. The molecule has 4 aromatic rings. The lowest BCUT2D eigenvalue weighted by molar-refractivity contribution is 0.238. The molecule has 0 saturated heterocycles. The third-order valence-electron chi connectivity index (χ3n) is 4.56. The molecule has 0 radical (unpaired) electrons. The summed E-state index contributed by atoms with van der Waals surface area (Å²) in [5, 5.41) is 0. The number of rotatable bonds is 8. The molecule has 0 amide bonds. The Labute approximate surface area is 171 Å². The van der Waals surface area contributed by atoms with Crippen LogP contribution < -0.4 is 0 Å². The largest absolute Gasteiger partial charge is 0.286 e. The Balaban J connectivity index is 1.51. The monoisotopic (exact) mass is 381 g/mol. The zero-order chi connectivity index (χ0) is 19.7. The van der Waals surface area contributed by atoms with E-state index in [0.717, 1.165) is 54.5 Å². The molecule has 0 aliphatic heterocycles. The molecular formula is C24H23N5. The Morgan fingerprint density at radius 3 is 1.52 bits per heavy atom. The smallest absolute Gasteiger partial charge is 0.0547 e. The molecule has 0 aliphatic carbocycles. The molecule has 0 unspecified atom stereocenters. The van der Waals surface area contributed by atoms with Crippen molar-refractivity contribution in [2.45, 2.75) is 26.1 Å². The van der Waals surface area contributed by atoms with Gasteiger partial charge in [-0.15, -0.1) is 0 Å². The Kier molecular flexibility index (Phi) is 6.30. The minimum atomic E-state index is 0.725. The van der Waals surface area contributed by atoms with E-state index >= 15 is 0 Å². The molecule has 4 aromatic heterocycles. The maximum Gasteiger partial charge on any atom is 0.0547 e. The zero-order valence-electron chi connectivity index (χ0n) is 16.2. The summed E-state index contributed by atoms with van der Waals surface area (Å²) in [6.45, 7) is 2.20. The molecule has 0 aliphatic rings. The van der Waals surface area contributed by atoms with Gasteiger partial charge in [0.05, 0.1) is 17.1 Å². The van der Waals surface area contributed by atoms with Gasteiger partial charge in [-0.3, -0.25) is 24.8 Å². The van der Waals surface area contributed by atoms with E-state index in [4.69, 9.17) is 4.98 Å². The summed E-state index contributed by atoms with van der Waals surface area (Å²) in [4.78, 5) is 20.6. The second-order valence-corrected chi connectivity index (χ2v) is 6.91. The van der Waals surface area contributed by atoms with Crippen molar-refractivity contribution in [1.29, 1.82) is 0 Å². The Bertz CT molecular complexity index is 965. The normalized spacial score (nSPS) is 10.9. The van der Waals surface area contributed by atoms with Gasteiger partial charge in [-0.25, -0.2) is 0 Å². The number of nitrogens with zero attached hydrogens (tertiary/aromatic N) is 5. The highest BCUT2D eigenvalue weighted by molar-refractivity contribution is 5.18. The SMILES string of the molecule is c1ccc(Cc2cccc(CN(Cc3ccccn3)Cc3ccccn3)n2)nc1. The lowest BCUT2D eigenvalue weighted by atomic mass is 10.2. The van der Waals surface area contributed by atoms with Crippen LogP contribution in [0.4, 0.5) is 0 Å². The highest BCUT2D eigenvalue weighted by Gasteiger charge is 2.11. The van der Waals surface area contributed by atoms with Gasteiger partial charge in [-0.05, 0) is 48.5 Å². The van der Waals surface area contributed by atoms with Crippen molar-refractivity contribution in [2.75, 3.05) is 0 Å². The first-order valence-corrected chi connectivity index (χ1v) is 9.72. The number of aromatic nitrogens is 4. The summed E-state index contributed by atoms with van der Waals surface area (Å²) in [5.41, 5.74) is 5.15. The summed E-state index contributed by atoms with van der Waals surface area (Å²) >= 11 is 0. The first-order chi connectivity index (χ1) is 14.3. The van der Waals surface area contributed by atoms with Crippen molar-refractivity contribution < 1.29 is 0 Å². The molecule has 0 saturated carbocycles. The first-order valence-electron chi connectivity index (χ1n) is 9.72. The maximum absolute atomic E-state index is 4.87. The third kappa shape index (κ3) is 5.77. The van der Waals surface area contributed by atoms with Crippen LogP contribution in [-0.2, 0) is 26.1 Å². The van der Waals surface area contributed by atoms with E-state index in [1.807, 2.05) is 61.1 Å². The van der Waals surface area contributed by atoms with Gasteiger partial charge >= 0.3 is 0 Å². The van der Waals surface area contributed by atoms with E-state index in [9.17, 15) is 0 Å². The number of hydrogen-bond acceptors (Lipinski definition) is 5. The van der Waals surface area contributed by atoms with Gasteiger partial charge in [-0.2, -0.15) is 0 Å². The van der Waals surface area contributed by atoms with Crippen molar-refractivity contribution in [1.82, 2.24) is 24.8 Å². The van der Waals surface area contributed by atoms with Crippen LogP contribution in [-0.4, -0.2) is 24.8 Å². The zero-order valence-corrected chi connectivity index (χ0v) is 16.2. The van der Waals surface area contributed by atoms with Gasteiger partial charge in [0.15, 0.2) is 0 Å². The van der Waals surface area contributed by atoms with Crippen molar-refractivity contribution in [2.24, 2.45) is 0 Å². The van der Waals surface area contributed by atoms with Crippen LogP contribution in [0, 0.1) is 0 Å². The molecule has 5 heteroatoms. The minimum Gasteiger partial charge on any atom is -0.286 e. The summed E-state index contributed by atoms with van der Waals surface area (Å²) in [6, 6.07) is 24.2. The van der Waals surface area contributed by atoms with Crippen LogP contribution >= 0.6 is 0 Å². The molecule has 0 fully saturated rings. The number of pyridine rings is 4. The van der Waals surface area contributed by atoms with Crippen molar-refractivity contribution in [3.63, 3.8) is 0 Å². The van der Waals surface area contributed by atoms with Crippen LogP contribution in [0.2, 0.25) is 0 Å². The van der Waals surface area contributed by atoms with Crippen molar-refractivity contribution in [3.8, 4) is 0 Å². The Morgan fingerprint density at radius 2 is 0.966 bits per heavy atom. The van der Waals surface area contributed by atoms with Crippen LogP contribution in [0.15, 0.2) is 91.4 Å². The van der Waals surface area contributed by atoms with E-state index in [0.29, 0.717) is 0 Å². The van der Waals surface area contributed by atoms with Crippen LogP contribution in [0.1, 0.15) is 28.5 Å². The Hall–Kier alpha value is -3.44. The molecule has 4 heterocycles. The molecule has 4 rings (SSSR count). The van der Waals surface area contributed by atoms with Crippen molar-refractivity contribution in [3.05, 3.63) is 120 Å². The topological polar surface area (TPSA) is 54.8 Å². The van der Waals surface area contributed by atoms with Gasteiger partial charge in [-0.1, -0.05) is 24.3 Å². The molecule has 0 atom stereocenters. The van der Waals surface area contributed by atoms with Gasteiger partial charge in [0.1, 0.15) is 0 Å². The molecule has 0 aromatic carbocycles. The quantitative estimate of drug-likeness (QED) is 0.461. The Morgan fingerprint density at radius 1 is 0.483 bits per heavy atom. The standard InChI is InChI=1S/C24H23N5/c1-4-13-25-20(8-1)16-21-11-7-12-24(28-21)19-29(17-22-9-2-5-14-26-22)18-23-10-3-6-15-27-23/h1-15H,16-19H2. The fraction of sp³-hybridized carbons (Fsp3) is 0.167. The predicted molar refractivity (Wildman–Crippen MR) is 113 cm³/mol. The van der Waals surface area contributed by atoms with Gasteiger partial charge in [0.2, 0.25) is 0 Å². The van der Waals surface area contributed by atoms with Crippen molar-refractivity contribution >= 4 is 0 Å². The second-order valence-electron chi connectivity index (χ2n) is 6.91. The maximum atomic E-state index is 4.87. The second kappa shape index (κ2) is 9.66. The van der Waals surface area contributed by atoms with E-state index in [1.54, 1.807) is 0 Å². The van der Waals surface area contributed by atoms with Gasteiger partial charge < -0.3 is 0 Å². The third-order valence-corrected chi connectivity index (χ3v) is 4.56. The molecule has 0 spiro atoms. The molecule has 5 nitrogen and oxygen atoms in total. The summed E-state index contributed by atoms with van der Waals surface area (Å²) in [5.74, 6) is 0. The highest BCUT2D eigenvalue weighted by Crippen LogP contribution is 2.13. The summed E-state index contributed by atoms with van der Waals surface area (Å²) in [7, 11) is 0. The molecule has 0 N–H and O–H groups in total. The summed E-state index contributed by atoms with van der Waals surface area (Å²) in [6.07, 6.45) is 6.22. The van der Waals surface area contributed by atoms with Gasteiger partial charge in [0, 0.05) is 56.0 Å². The molecule has 29 heavy (non-hydrogen) atoms.